The maximum atomic E-state index is 11.2. The lowest BCUT2D eigenvalue weighted by atomic mass is 9.81. The summed E-state index contributed by atoms with van der Waals surface area (Å²) in [6.45, 7) is 1.86. The number of rotatable bonds is 6. The lowest BCUT2D eigenvalue weighted by molar-refractivity contribution is -0.385. The van der Waals surface area contributed by atoms with Gasteiger partial charge in [0.25, 0.3) is 5.69 Å². The average molecular weight is 300 g/mol. The number of aliphatic hydroxyl groups is 1. The van der Waals surface area contributed by atoms with Gasteiger partial charge in [-0.25, -0.2) is 0 Å². The van der Waals surface area contributed by atoms with Crippen molar-refractivity contribution < 1.29 is 10.0 Å². The topological polar surface area (TPSA) is 75.4 Å². The molecule has 2 unspecified atom stereocenters. The summed E-state index contributed by atoms with van der Waals surface area (Å²) < 4.78 is 0. The van der Waals surface area contributed by atoms with Crippen molar-refractivity contribution in [3.05, 3.63) is 75.8 Å². The number of nitro benzene ring substituents is 1. The minimum atomic E-state index is -1.23. The predicted octanol–water partition coefficient (Wildman–Crippen LogP) is 2.63. The number of benzene rings is 2. The van der Waals surface area contributed by atoms with Crippen molar-refractivity contribution in [3.8, 4) is 0 Å². The van der Waals surface area contributed by atoms with Gasteiger partial charge in [0.05, 0.1) is 4.92 Å². The van der Waals surface area contributed by atoms with Crippen LogP contribution in [0.2, 0.25) is 0 Å². The van der Waals surface area contributed by atoms with Gasteiger partial charge in [-0.05, 0) is 19.5 Å². The highest BCUT2D eigenvalue weighted by Gasteiger charge is 2.36. The summed E-state index contributed by atoms with van der Waals surface area (Å²) in [6.07, 6.45) is 0.163. The first-order valence-corrected chi connectivity index (χ1v) is 7.16. The van der Waals surface area contributed by atoms with E-state index < -0.39 is 10.5 Å². The van der Waals surface area contributed by atoms with Gasteiger partial charge in [0.2, 0.25) is 0 Å². The average Bonchev–Trinajstić information content (AvgIpc) is 2.55. The Bertz CT molecular complexity index is 645. The summed E-state index contributed by atoms with van der Waals surface area (Å²) >= 11 is 0. The van der Waals surface area contributed by atoms with Crippen LogP contribution < -0.4 is 5.32 Å². The molecule has 2 atom stereocenters. The molecule has 0 bridgehead atoms. The van der Waals surface area contributed by atoms with E-state index in [0.717, 1.165) is 5.56 Å². The van der Waals surface area contributed by atoms with E-state index in [0.29, 0.717) is 5.56 Å². The van der Waals surface area contributed by atoms with Gasteiger partial charge in [-0.1, -0.05) is 48.5 Å². The molecule has 22 heavy (non-hydrogen) atoms. The molecule has 0 aromatic heterocycles. The molecular formula is C17H20N2O3. The largest absolute Gasteiger partial charge is 0.383 e. The number of hydrogen-bond donors (Lipinski definition) is 2. The van der Waals surface area contributed by atoms with Gasteiger partial charge in [-0.3, -0.25) is 10.1 Å². The zero-order chi connectivity index (χ0) is 16.2. The fraction of sp³-hybridized carbons (Fsp3) is 0.294. The van der Waals surface area contributed by atoms with Crippen LogP contribution in [0.15, 0.2) is 54.6 Å². The zero-order valence-electron chi connectivity index (χ0n) is 12.7. The van der Waals surface area contributed by atoms with E-state index in [2.05, 4.69) is 5.32 Å². The fourth-order valence-electron chi connectivity index (χ4n) is 2.60. The van der Waals surface area contributed by atoms with Gasteiger partial charge in [-0.15, -0.1) is 0 Å². The van der Waals surface area contributed by atoms with Crippen molar-refractivity contribution in [1.82, 2.24) is 5.32 Å². The molecule has 2 N–H and O–H groups in total. The van der Waals surface area contributed by atoms with Crippen LogP contribution in [-0.4, -0.2) is 23.1 Å². The van der Waals surface area contributed by atoms with Gasteiger partial charge in [0.1, 0.15) is 5.60 Å². The first-order chi connectivity index (χ1) is 10.5. The Morgan fingerprint density at radius 1 is 1.18 bits per heavy atom. The maximum Gasteiger partial charge on any atom is 0.272 e. The Balaban J connectivity index is 2.47. The van der Waals surface area contributed by atoms with Crippen LogP contribution in [0.25, 0.3) is 0 Å². The van der Waals surface area contributed by atoms with Crippen LogP contribution in [0.4, 0.5) is 5.69 Å². The molecule has 0 aliphatic carbocycles. The molecule has 2 aromatic carbocycles. The van der Waals surface area contributed by atoms with Crippen LogP contribution in [0, 0.1) is 10.1 Å². The van der Waals surface area contributed by atoms with E-state index in [4.69, 9.17) is 0 Å². The highest BCUT2D eigenvalue weighted by Crippen LogP contribution is 2.32. The summed E-state index contributed by atoms with van der Waals surface area (Å²) in [5, 5.41) is 25.5. The van der Waals surface area contributed by atoms with Crippen LogP contribution >= 0.6 is 0 Å². The van der Waals surface area contributed by atoms with Crippen LogP contribution in [-0.2, 0) is 12.0 Å². The molecule has 5 nitrogen and oxygen atoms in total. The molecule has 0 heterocycles. The molecule has 2 aromatic rings. The van der Waals surface area contributed by atoms with Gasteiger partial charge < -0.3 is 10.4 Å². The third-order valence-electron chi connectivity index (χ3n) is 4.07. The van der Waals surface area contributed by atoms with Crippen molar-refractivity contribution in [2.45, 2.75) is 25.0 Å². The van der Waals surface area contributed by atoms with Gasteiger partial charge >= 0.3 is 0 Å². The van der Waals surface area contributed by atoms with E-state index in [9.17, 15) is 15.2 Å². The van der Waals surface area contributed by atoms with Crippen LogP contribution in [0.3, 0.4) is 0 Å². The first kappa shape index (κ1) is 16.1. The summed E-state index contributed by atoms with van der Waals surface area (Å²) in [4.78, 5) is 10.8. The van der Waals surface area contributed by atoms with Crippen molar-refractivity contribution in [2.75, 3.05) is 7.05 Å². The Morgan fingerprint density at radius 3 is 2.36 bits per heavy atom. The first-order valence-electron chi connectivity index (χ1n) is 7.16. The minimum Gasteiger partial charge on any atom is -0.383 e. The van der Waals surface area contributed by atoms with Crippen molar-refractivity contribution in [3.63, 3.8) is 0 Å². The normalized spacial score (nSPS) is 15.0. The molecule has 5 heteroatoms. The second-order valence-electron chi connectivity index (χ2n) is 5.36. The third-order valence-corrected chi connectivity index (χ3v) is 4.07. The Kier molecular flexibility index (Phi) is 4.90. The van der Waals surface area contributed by atoms with Gasteiger partial charge in [0.15, 0.2) is 0 Å². The van der Waals surface area contributed by atoms with Crippen molar-refractivity contribution in [2.24, 2.45) is 0 Å². The number of nitro groups is 1. The number of hydrogen-bond acceptors (Lipinski definition) is 4. The molecule has 116 valence electrons. The molecule has 0 fully saturated rings. The second kappa shape index (κ2) is 6.68. The van der Waals surface area contributed by atoms with Crippen LogP contribution in [0.1, 0.15) is 18.1 Å². The smallest absolute Gasteiger partial charge is 0.272 e. The number of likely N-dealkylation sites (N-methyl/N-ethyl adjacent to an activating group) is 1. The highest BCUT2D eigenvalue weighted by molar-refractivity contribution is 5.42. The standard InChI is InChI=1S/C17H20N2O3/c1-13(18-2)17(20,15-9-4-3-5-10-15)12-14-8-6-7-11-16(14)19(21)22/h3-11,13,18,20H,12H2,1-2H3. The molecule has 0 radical (unpaired) electrons. The SMILES string of the molecule is CNC(C)C(O)(Cc1ccccc1[N+](=O)[O-])c1ccccc1. The van der Waals surface area contributed by atoms with Gasteiger partial charge in [-0.2, -0.15) is 0 Å². The summed E-state index contributed by atoms with van der Waals surface area (Å²) in [7, 11) is 1.76. The third kappa shape index (κ3) is 3.16. The predicted molar refractivity (Wildman–Crippen MR) is 85.7 cm³/mol. The zero-order valence-corrected chi connectivity index (χ0v) is 12.7. The Labute approximate surface area is 129 Å². The Hall–Kier alpha value is -2.24. The number of nitrogens with one attached hydrogen (secondary N) is 1. The monoisotopic (exact) mass is 300 g/mol. The Morgan fingerprint density at radius 2 is 1.77 bits per heavy atom. The quantitative estimate of drug-likeness (QED) is 0.635. The highest BCUT2D eigenvalue weighted by atomic mass is 16.6. The molecule has 0 amide bonds. The van der Waals surface area contributed by atoms with E-state index in [1.165, 1.54) is 6.07 Å². The van der Waals surface area contributed by atoms with E-state index in [1.54, 1.807) is 25.2 Å². The summed E-state index contributed by atoms with van der Waals surface area (Å²) in [5.74, 6) is 0. The second-order valence-corrected chi connectivity index (χ2v) is 5.36. The molecule has 0 saturated heterocycles. The lowest BCUT2D eigenvalue weighted by Gasteiger charge is -2.34. The van der Waals surface area contributed by atoms with Crippen LogP contribution in [0.5, 0.6) is 0 Å². The molecular weight excluding hydrogens is 280 g/mol. The fourth-order valence-corrected chi connectivity index (χ4v) is 2.60. The summed E-state index contributed by atoms with van der Waals surface area (Å²) in [5.41, 5.74) is 0.0402. The lowest BCUT2D eigenvalue weighted by Crippen LogP contribution is -2.47. The van der Waals surface area contributed by atoms with Crippen molar-refractivity contribution in [1.29, 1.82) is 0 Å². The molecule has 0 saturated carbocycles. The number of nitrogens with zero attached hydrogens (tertiary/aromatic N) is 1. The summed E-state index contributed by atoms with van der Waals surface area (Å²) in [6, 6.07) is 15.5. The van der Waals surface area contributed by atoms with E-state index in [1.807, 2.05) is 37.3 Å². The minimum absolute atomic E-state index is 0.0279. The molecule has 0 aliphatic heterocycles. The van der Waals surface area contributed by atoms with E-state index in [-0.39, 0.29) is 18.2 Å². The maximum absolute atomic E-state index is 11.2. The molecule has 0 aliphatic rings. The number of para-hydroxylation sites is 1. The van der Waals surface area contributed by atoms with Gasteiger partial charge in [0, 0.05) is 24.1 Å². The molecule has 2 rings (SSSR count). The van der Waals surface area contributed by atoms with Crippen molar-refractivity contribution >= 4 is 5.69 Å². The van der Waals surface area contributed by atoms with E-state index >= 15 is 0 Å². The molecule has 0 spiro atoms.